The van der Waals surface area contributed by atoms with Crippen molar-refractivity contribution >= 4 is 31.5 Å². The Kier molecular flexibility index (Phi) is 11.9. The van der Waals surface area contributed by atoms with Crippen LogP contribution in [0, 0.1) is 17.2 Å². The number of imidazole rings is 1. The van der Waals surface area contributed by atoms with E-state index in [-0.39, 0.29) is 42.0 Å². The predicted octanol–water partition coefficient (Wildman–Crippen LogP) is 3.54. The van der Waals surface area contributed by atoms with Gasteiger partial charge in [-0.2, -0.15) is 10.2 Å². The Hall–Kier alpha value is -2.42. The lowest BCUT2D eigenvalue weighted by Crippen LogP contribution is -2.33. The quantitative estimate of drug-likeness (QED) is 0.264. The summed E-state index contributed by atoms with van der Waals surface area (Å²) in [5.41, 5.74) is 0.104. The topological polar surface area (TPSA) is 147 Å². The number of carbonyl (C=O) groups excluding carboxylic acids is 1. The predicted molar refractivity (Wildman–Crippen MR) is 138 cm³/mol. The van der Waals surface area contributed by atoms with E-state index < -0.39 is 14.1 Å². The molecule has 2 heterocycles. The Labute approximate surface area is 213 Å². The molecule has 0 saturated carbocycles. The molecule has 0 saturated heterocycles. The number of aryl methyl sites for hydroxylation is 1. The summed E-state index contributed by atoms with van der Waals surface area (Å²) in [6, 6.07) is 2.51. The zero-order valence-corrected chi connectivity index (χ0v) is 23.1. The second-order valence-electron chi connectivity index (χ2n) is 9.08. The molecule has 12 nitrogen and oxygen atoms in total. The Bertz CT molecular complexity index is 1080. The van der Waals surface area contributed by atoms with Crippen LogP contribution in [0.2, 0.25) is 0 Å². The highest BCUT2D eigenvalue weighted by molar-refractivity contribution is 7.44. The van der Waals surface area contributed by atoms with Crippen LogP contribution in [0.1, 0.15) is 60.2 Å². The molecule has 2 rings (SSSR count). The fraction of sp³-hybridized carbons (Fsp3) is 0.696. The standard InChI is InChI=1S/C23H38N7O5P/c1-15(2)21(31)27-23-26-20-19(22(32)28-23)25-18(14-33-7)29(20)11-9-13-35-36(34-12-8-10-24)30(16(3)4)17(5)6/h15-17H,8-9,11-14H2,1-7H3,(H2,26,27,28,31,32). The Morgan fingerprint density at radius 2 is 1.83 bits per heavy atom. The van der Waals surface area contributed by atoms with Crippen molar-refractivity contribution in [3.8, 4) is 6.07 Å². The van der Waals surface area contributed by atoms with E-state index in [9.17, 15) is 9.59 Å². The summed E-state index contributed by atoms with van der Waals surface area (Å²) in [5.74, 6) is 0.111. The lowest BCUT2D eigenvalue weighted by Gasteiger charge is -2.35. The molecule has 2 N–H and O–H groups in total. The smallest absolute Gasteiger partial charge is 0.280 e. The number of aromatic nitrogens is 4. The Morgan fingerprint density at radius 3 is 2.42 bits per heavy atom. The third-order valence-corrected chi connectivity index (χ3v) is 7.22. The molecule has 0 fully saturated rings. The molecule has 2 aromatic heterocycles. The van der Waals surface area contributed by atoms with E-state index in [1.165, 1.54) is 0 Å². The van der Waals surface area contributed by atoms with Crippen molar-refractivity contribution in [3.63, 3.8) is 0 Å². The van der Waals surface area contributed by atoms with Gasteiger partial charge in [0, 0.05) is 31.7 Å². The van der Waals surface area contributed by atoms with Crippen LogP contribution in [-0.4, -0.2) is 62.5 Å². The van der Waals surface area contributed by atoms with E-state index in [2.05, 4.69) is 58.7 Å². The molecular weight excluding hydrogens is 485 g/mol. The van der Waals surface area contributed by atoms with Crippen LogP contribution in [0.4, 0.5) is 5.95 Å². The molecule has 0 aliphatic carbocycles. The average molecular weight is 524 g/mol. The molecule has 0 aliphatic heterocycles. The molecule has 36 heavy (non-hydrogen) atoms. The van der Waals surface area contributed by atoms with Gasteiger partial charge in [-0.1, -0.05) is 13.8 Å². The van der Waals surface area contributed by atoms with Crippen molar-refractivity contribution in [2.75, 3.05) is 25.6 Å². The first kappa shape index (κ1) is 29.8. The number of H-pyrrole nitrogens is 1. The second-order valence-corrected chi connectivity index (χ2v) is 10.5. The van der Waals surface area contributed by atoms with Gasteiger partial charge in [-0.25, -0.2) is 9.65 Å². The molecule has 0 radical (unpaired) electrons. The third-order valence-electron chi connectivity index (χ3n) is 5.11. The number of nitrogens with zero attached hydrogens (tertiary/aromatic N) is 5. The minimum Gasteiger partial charge on any atom is -0.377 e. The van der Waals surface area contributed by atoms with E-state index >= 15 is 0 Å². The fourth-order valence-electron chi connectivity index (χ4n) is 3.53. The second kappa shape index (κ2) is 14.4. The number of hydrogen-bond donors (Lipinski definition) is 2. The van der Waals surface area contributed by atoms with E-state index in [4.69, 9.17) is 19.0 Å². The maximum atomic E-state index is 12.6. The van der Waals surface area contributed by atoms with Gasteiger partial charge < -0.3 is 18.4 Å². The number of fused-ring (bicyclic) bond motifs is 1. The zero-order chi connectivity index (χ0) is 26.8. The van der Waals surface area contributed by atoms with Crippen molar-refractivity contribution in [1.82, 2.24) is 24.2 Å². The summed E-state index contributed by atoms with van der Waals surface area (Å²) in [6.45, 7) is 13.2. The number of carbonyl (C=O) groups is 1. The number of hydrogen-bond acceptors (Lipinski definition) is 9. The highest BCUT2D eigenvalue weighted by atomic mass is 31.2. The van der Waals surface area contributed by atoms with Crippen molar-refractivity contribution in [3.05, 3.63) is 16.2 Å². The SMILES string of the molecule is COCc1nc2c(=O)[nH]c(NC(=O)C(C)C)nc2n1CCCOP(OCCC#N)N(C(C)C)C(C)C. The molecule has 13 heteroatoms. The maximum absolute atomic E-state index is 12.6. The number of ether oxygens (including phenoxy) is 1. The largest absolute Gasteiger partial charge is 0.377 e. The molecule has 0 aliphatic rings. The Morgan fingerprint density at radius 1 is 1.17 bits per heavy atom. The normalized spacial score (nSPS) is 12.7. The van der Waals surface area contributed by atoms with E-state index in [0.29, 0.717) is 44.1 Å². The highest BCUT2D eigenvalue weighted by Gasteiger charge is 2.27. The summed E-state index contributed by atoms with van der Waals surface area (Å²) in [7, 11) is 0.208. The lowest BCUT2D eigenvalue weighted by atomic mass is 10.2. The van der Waals surface area contributed by atoms with Crippen molar-refractivity contribution in [2.45, 2.75) is 79.6 Å². The van der Waals surface area contributed by atoms with Crippen molar-refractivity contribution in [1.29, 1.82) is 5.26 Å². The first-order valence-corrected chi connectivity index (χ1v) is 13.2. The Balaban J connectivity index is 2.22. The fourth-order valence-corrected chi connectivity index (χ4v) is 5.16. The van der Waals surface area contributed by atoms with Gasteiger partial charge in [0.1, 0.15) is 12.4 Å². The molecule has 2 aromatic rings. The van der Waals surface area contributed by atoms with Crippen LogP contribution < -0.4 is 10.9 Å². The van der Waals surface area contributed by atoms with Crippen LogP contribution >= 0.6 is 8.53 Å². The van der Waals surface area contributed by atoms with Crippen LogP contribution in [0.3, 0.4) is 0 Å². The van der Waals surface area contributed by atoms with Crippen molar-refractivity contribution < 1.29 is 18.6 Å². The summed E-state index contributed by atoms with van der Waals surface area (Å²) < 4.78 is 21.3. The minimum absolute atomic E-state index is 0.0755. The highest BCUT2D eigenvalue weighted by Crippen LogP contribution is 2.46. The van der Waals surface area contributed by atoms with Gasteiger partial charge in [-0.05, 0) is 34.1 Å². The number of anilines is 1. The van der Waals surface area contributed by atoms with Crippen LogP contribution in [0.15, 0.2) is 4.79 Å². The first-order valence-electron chi connectivity index (χ1n) is 12.1. The van der Waals surface area contributed by atoms with Crippen molar-refractivity contribution in [2.24, 2.45) is 5.92 Å². The molecular formula is C23H38N7O5P. The summed E-state index contributed by atoms with van der Waals surface area (Å²) in [5, 5.41) is 11.5. The first-order chi connectivity index (χ1) is 17.1. The number of methoxy groups -OCH3 is 1. The van der Waals surface area contributed by atoms with Gasteiger partial charge in [-0.3, -0.25) is 19.9 Å². The van der Waals surface area contributed by atoms with Gasteiger partial charge in [0.05, 0.1) is 25.7 Å². The van der Waals surface area contributed by atoms with Crippen LogP contribution in [-0.2, 0) is 31.7 Å². The number of amides is 1. The molecule has 1 amide bonds. The number of rotatable bonds is 15. The maximum Gasteiger partial charge on any atom is 0.280 e. The van der Waals surface area contributed by atoms with Gasteiger partial charge in [0.25, 0.3) is 14.1 Å². The number of nitriles is 1. The van der Waals surface area contributed by atoms with Gasteiger partial charge in [0.2, 0.25) is 11.9 Å². The number of aromatic amines is 1. The molecule has 0 spiro atoms. The minimum atomic E-state index is -1.34. The summed E-state index contributed by atoms with van der Waals surface area (Å²) >= 11 is 0. The van der Waals surface area contributed by atoms with Crippen LogP contribution in [0.25, 0.3) is 11.2 Å². The molecule has 0 aromatic carbocycles. The van der Waals surface area contributed by atoms with Crippen LogP contribution in [0.5, 0.6) is 0 Å². The molecule has 1 unspecified atom stereocenters. The summed E-state index contributed by atoms with van der Waals surface area (Å²) in [4.78, 5) is 36.2. The van der Waals surface area contributed by atoms with Gasteiger partial charge >= 0.3 is 0 Å². The third kappa shape index (κ3) is 8.05. The zero-order valence-electron chi connectivity index (χ0n) is 22.2. The van der Waals surface area contributed by atoms with Gasteiger partial charge in [0.15, 0.2) is 11.2 Å². The molecule has 0 bridgehead atoms. The molecule has 1 atom stereocenters. The summed E-state index contributed by atoms with van der Waals surface area (Å²) in [6.07, 6.45) is 0.887. The average Bonchev–Trinajstić information content (AvgIpc) is 3.14. The lowest BCUT2D eigenvalue weighted by molar-refractivity contribution is -0.118. The molecule has 200 valence electrons. The van der Waals surface area contributed by atoms with E-state index in [1.54, 1.807) is 21.0 Å². The monoisotopic (exact) mass is 523 g/mol. The van der Waals surface area contributed by atoms with E-state index in [1.807, 2.05) is 4.57 Å². The van der Waals surface area contributed by atoms with E-state index in [0.717, 1.165) is 0 Å². The number of nitrogens with one attached hydrogen (secondary N) is 2. The van der Waals surface area contributed by atoms with Gasteiger partial charge in [-0.15, -0.1) is 0 Å².